The maximum Gasteiger partial charge on any atom is 0.508 e. The van der Waals surface area contributed by atoms with E-state index in [4.69, 9.17) is 18.9 Å². The van der Waals surface area contributed by atoms with Crippen molar-refractivity contribution in [3.63, 3.8) is 0 Å². The van der Waals surface area contributed by atoms with Crippen LogP contribution in [0.3, 0.4) is 0 Å². The predicted molar refractivity (Wildman–Crippen MR) is 284 cm³/mol. The highest BCUT2D eigenvalue weighted by Gasteiger charge is 2.19. The Hall–Kier alpha value is -1.87. The van der Waals surface area contributed by atoms with Gasteiger partial charge in [-0.25, -0.2) is 4.79 Å². The first-order valence-electron chi connectivity index (χ1n) is 29.4. The third-order valence-electron chi connectivity index (χ3n) is 14.1. The van der Waals surface area contributed by atoms with Gasteiger partial charge in [-0.3, -0.25) is 14.5 Å². The SMILES string of the molecule is CCCCCCCC(CCCCCCC)CC(=O)OCCCCCCC(CCCCCCOC(=O)CC(CCCCCCC)CCCCCCC)OC(=O)OCCN(CC)CCN(CC)CC. The molecule has 9 heteroatoms. The van der Waals surface area contributed by atoms with Crippen molar-refractivity contribution in [1.82, 2.24) is 9.80 Å². The molecule has 0 spiro atoms. The van der Waals surface area contributed by atoms with Gasteiger partial charge < -0.3 is 23.8 Å². The molecule has 0 aromatic heterocycles. The van der Waals surface area contributed by atoms with Crippen molar-refractivity contribution in [2.75, 3.05) is 59.1 Å². The number of esters is 2. The van der Waals surface area contributed by atoms with E-state index in [9.17, 15) is 14.4 Å². The minimum absolute atomic E-state index is 0.0242. The molecule has 0 bridgehead atoms. The molecular weight excluding hydrogens is 837 g/mol. The molecule has 0 aromatic rings. The number of ether oxygens (including phenoxy) is 4. The molecular formula is C58H114N2O7. The second-order valence-electron chi connectivity index (χ2n) is 20.1. The zero-order valence-corrected chi connectivity index (χ0v) is 45.8. The van der Waals surface area contributed by atoms with Crippen molar-refractivity contribution in [2.24, 2.45) is 11.8 Å². The summed E-state index contributed by atoms with van der Waals surface area (Å²) in [5.74, 6) is 0.854. The van der Waals surface area contributed by atoms with Crippen LogP contribution in [0.1, 0.15) is 280 Å². The van der Waals surface area contributed by atoms with Crippen molar-refractivity contribution in [3.8, 4) is 0 Å². The highest BCUT2D eigenvalue weighted by atomic mass is 16.7. The molecule has 0 aromatic carbocycles. The van der Waals surface area contributed by atoms with Crippen LogP contribution in [0.2, 0.25) is 0 Å². The van der Waals surface area contributed by atoms with Crippen LogP contribution in [0.4, 0.5) is 4.79 Å². The normalized spacial score (nSPS) is 11.8. The van der Waals surface area contributed by atoms with Crippen molar-refractivity contribution in [1.29, 1.82) is 0 Å². The van der Waals surface area contributed by atoms with Gasteiger partial charge in [-0.1, -0.05) is 203 Å². The van der Waals surface area contributed by atoms with Crippen LogP contribution >= 0.6 is 0 Å². The topological polar surface area (TPSA) is 94.6 Å². The van der Waals surface area contributed by atoms with Gasteiger partial charge in [-0.05, 0) is 95.7 Å². The summed E-state index contributed by atoms with van der Waals surface area (Å²) in [6, 6.07) is 0. The van der Waals surface area contributed by atoms with Crippen LogP contribution < -0.4 is 0 Å². The summed E-state index contributed by atoms with van der Waals surface area (Å²) in [6.45, 7) is 22.5. The van der Waals surface area contributed by atoms with Gasteiger partial charge in [0.2, 0.25) is 0 Å². The van der Waals surface area contributed by atoms with Gasteiger partial charge in [0, 0.05) is 32.5 Å². The van der Waals surface area contributed by atoms with E-state index in [1.807, 2.05) is 0 Å². The Morgan fingerprint density at radius 3 is 1.03 bits per heavy atom. The first-order chi connectivity index (χ1) is 32.8. The number of unbranched alkanes of at least 4 members (excludes halogenated alkanes) is 22. The molecule has 0 aliphatic heterocycles. The van der Waals surface area contributed by atoms with Gasteiger partial charge in [0.05, 0.1) is 13.2 Å². The second kappa shape index (κ2) is 50.5. The van der Waals surface area contributed by atoms with Crippen molar-refractivity contribution >= 4 is 18.1 Å². The number of hydrogen-bond acceptors (Lipinski definition) is 9. The van der Waals surface area contributed by atoms with Crippen LogP contribution in [-0.4, -0.2) is 93.1 Å². The van der Waals surface area contributed by atoms with Crippen LogP contribution in [-0.2, 0) is 28.5 Å². The third kappa shape index (κ3) is 43.9. The number of hydrogen-bond donors (Lipinski definition) is 0. The van der Waals surface area contributed by atoms with E-state index in [1.165, 1.54) is 128 Å². The highest BCUT2D eigenvalue weighted by molar-refractivity contribution is 5.70. The minimum Gasteiger partial charge on any atom is -0.466 e. The monoisotopic (exact) mass is 951 g/mol. The Morgan fingerprint density at radius 1 is 0.343 bits per heavy atom. The number of carbonyl (C=O) groups excluding carboxylic acids is 3. The van der Waals surface area contributed by atoms with E-state index >= 15 is 0 Å². The summed E-state index contributed by atoms with van der Waals surface area (Å²) in [6.07, 6.45) is 39.6. The minimum atomic E-state index is -0.566. The van der Waals surface area contributed by atoms with E-state index in [2.05, 4.69) is 58.3 Å². The average Bonchev–Trinajstić information content (AvgIpc) is 3.32. The first kappa shape index (κ1) is 65.1. The van der Waals surface area contributed by atoms with Gasteiger partial charge in [-0.2, -0.15) is 0 Å². The van der Waals surface area contributed by atoms with Crippen LogP contribution in [0.25, 0.3) is 0 Å². The molecule has 0 unspecified atom stereocenters. The Balaban J connectivity index is 4.91. The lowest BCUT2D eigenvalue weighted by Crippen LogP contribution is -2.37. The highest BCUT2D eigenvalue weighted by Crippen LogP contribution is 2.25. The fourth-order valence-electron chi connectivity index (χ4n) is 9.40. The van der Waals surface area contributed by atoms with Gasteiger partial charge in [0.15, 0.2) is 0 Å². The van der Waals surface area contributed by atoms with Gasteiger partial charge >= 0.3 is 18.1 Å². The Kier molecular flexibility index (Phi) is 49.1. The molecule has 0 radical (unpaired) electrons. The maximum absolute atomic E-state index is 12.9. The fraction of sp³-hybridized carbons (Fsp3) is 0.948. The molecule has 0 aliphatic carbocycles. The smallest absolute Gasteiger partial charge is 0.466 e. The maximum atomic E-state index is 12.9. The Labute approximate surface area is 416 Å². The lowest BCUT2D eigenvalue weighted by Gasteiger charge is -2.25. The molecule has 0 atom stereocenters. The molecule has 398 valence electrons. The van der Waals surface area contributed by atoms with Crippen molar-refractivity contribution in [3.05, 3.63) is 0 Å². The molecule has 0 saturated heterocycles. The standard InChI is InChI=1S/C58H114N2O7/c1-8-15-19-23-31-39-53(40-32-24-20-16-9-2)51-56(61)64-48-37-29-27-35-43-55(67-58(63)66-50-47-60(14-7)46-45-59(12-5)13-6)44-36-28-30-38-49-65-57(62)52-54(41-33-25-21-17-10-3)42-34-26-22-18-11-4/h53-55H,8-52H2,1-7H3. The van der Waals surface area contributed by atoms with Gasteiger partial charge in [-0.15, -0.1) is 0 Å². The Morgan fingerprint density at radius 2 is 0.672 bits per heavy atom. The van der Waals surface area contributed by atoms with E-state index < -0.39 is 6.16 Å². The molecule has 0 heterocycles. The quantitative estimate of drug-likeness (QED) is 0.0336. The lowest BCUT2D eigenvalue weighted by molar-refractivity contribution is -0.146. The summed E-state index contributed by atoms with van der Waals surface area (Å²) in [4.78, 5) is 43.4. The zero-order chi connectivity index (χ0) is 49.3. The number of rotatable bonds is 52. The predicted octanol–water partition coefficient (Wildman–Crippen LogP) is 16.6. The third-order valence-corrected chi connectivity index (χ3v) is 14.1. The van der Waals surface area contributed by atoms with E-state index in [1.54, 1.807) is 0 Å². The lowest BCUT2D eigenvalue weighted by atomic mass is 9.91. The number of nitrogens with zero attached hydrogens (tertiary/aromatic N) is 2. The number of likely N-dealkylation sites (N-methyl/N-ethyl adjacent to an activating group) is 2. The summed E-state index contributed by atoms with van der Waals surface area (Å²) in [5, 5.41) is 0. The van der Waals surface area contributed by atoms with Crippen LogP contribution in [0, 0.1) is 11.8 Å². The zero-order valence-electron chi connectivity index (χ0n) is 45.8. The fourth-order valence-corrected chi connectivity index (χ4v) is 9.40. The molecule has 0 amide bonds. The van der Waals surface area contributed by atoms with Crippen molar-refractivity contribution < 1.29 is 33.3 Å². The van der Waals surface area contributed by atoms with Crippen LogP contribution in [0.15, 0.2) is 0 Å². The van der Waals surface area contributed by atoms with Gasteiger partial charge in [0.1, 0.15) is 12.7 Å². The summed E-state index contributed by atoms with van der Waals surface area (Å²) in [5.41, 5.74) is 0. The molecule has 0 saturated carbocycles. The van der Waals surface area contributed by atoms with E-state index in [-0.39, 0.29) is 18.0 Å². The first-order valence-corrected chi connectivity index (χ1v) is 29.4. The molecule has 0 aliphatic rings. The molecule has 0 rings (SSSR count). The van der Waals surface area contributed by atoms with Crippen molar-refractivity contribution in [2.45, 2.75) is 286 Å². The van der Waals surface area contributed by atoms with Gasteiger partial charge in [0.25, 0.3) is 0 Å². The molecule has 0 fully saturated rings. The van der Waals surface area contributed by atoms with E-state index in [0.29, 0.717) is 51.0 Å². The number of carbonyl (C=O) groups is 3. The molecule has 67 heavy (non-hydrogen) atoms. The summed E-state index contributed by atoms with van der Waals surface area (Å²) < 4.78 is 23.1. The Bertz CT molecular complexity index is 984. The summed E-state index contributed by atoms with van der Waals surface area (Å²) in [7, 11) is 0. The van der Waals surface area contributed by atoms with Crippen LogP contribution in [0.5, 0.6) is 0 Å². The van der Waals surface area contributed by atoms with E-state index in [0.717, 1.165) is 123 Å². The summed E-state index contributed by atoms with van der Waals surface area (Å²) >= 11 is 0. The molecule has 0 N–H and O–H groups in total. The molecule has 9 nitrogen and oxygen atoms in total. The largest absolute Gasteiger partial charge is 0.508 e. The average molecular weight is 952 g/mol. The second-order valence-corrected chi connectivity index (χ2v) is 20.1.